The van der Waals surface area contributed by atoms with Gasteiger partial charge in [0.1, 0.15) is 5.82 Å². The van der Waals surface area contributed by atoms with Crippen LogP contribution in [-0.2, 0) is 13.0 Å². The Bertz CT molecular complexity index is 971. The standard InChI is InChI=1S/C23H27N5/c1-17-6-5-10-24-23(17)27-11-9-22-19(15-27)12-18(13-25-22)20-14-26-28(16-20)21-7-3-2-4-8-21/h5-6,10,12-14,16,21H,2-4,7-9,11,15H2,1H3. The Hall–Kier alpha value is -2.69. The summed E-state index contributed by atoms with van der Waals surface area (Å²) >= 11 is 0. The molecule has 0 N–H and O–H groups in total. The number of nitrogens with zero attached hydrogens (tertiary/aromatic N) is 5. The first kappa shape index (κ1) is 17.4. The maximum Gasteiger partial charge on any atom is 0.131 e. The van der Waals surface area contributed by atoms with Crippen molar-refractivity contribution in [2.45, 2.75) is 58.0 Å². The van der Waals surface area contributed by atoms with Crippen molar-refractivity contribution < 1.29 is 0 Å². The van der Waals surface area contributed by atoms with Gasteiger partial charge in [0.2, 0.25) is 0 Å². The molecule has 1 fully saturated rings. The maximum atomic E-state index is 4.78. The highest BCUT2D eigenvalue weighted by Gasteiger charge is 2.21. The van der Waals surface area contributed by atoms with Crippen LogP contribution in [0.2, 0.25) is 0 Å². The molecule has 144 valence electrons. The lowest BCUT2D eigenvalue weighted by molar-refractivity contribution is 0.329. The van der Waals surface area contributed by atoms with Gasteiger partial charge >= 0.3 is 0 Å². The van der Waals surface area contributed by atoms with Gasteiger partial charge in [0.15, 0.2) is 0 Å². The molecule has 28 heavy (non-hydrogen) atoms. The zero-order chi connectivity index (χ0) is 18.9. The van der Waals surface area contributed by atoms with E-state index in [1.807, 2.05) is 24.7 Å². The van der Waals surface area contributed by atoms with E-state index >= 15 is 0 Å². The Kier molecular flexibility index (Phi) is 4.59. The third-order valence-corrected chi connectivity index (χ3v) is 6.20. The number of hydrogen-bond donors (Lipinski definition) is 0. The van der Waals surface area contributed by atoms with Crippen LogP contribution in [0, 0.1) is 6.92 Å². The monoisotopic (exact) mass is 373 g/mol. The van der Waals surface area contributed by atoms with Gasteiger partial charge in [-0.1, -0.05) is 25.3 Å². The van der Waals surface area contributed by atoms with E-state index in [1.54, 1.807) is 0 Å². The third-order valence-electron chi connectivity index (χ3n) is 6.20. The van der Waals surface area contributed by atoms with Gasteiger partial charge in [-0.25, -0.2) is 4.98 Å². The molecule has 1 aliphatic carbocycles. The van der Waals surface area contributed by atoms with Gasteiger partial charge in [0, 0.05) is 54.9 Å². The molecule has 1 aliphatic heterocycles. The van der Waals surface area contributed by atoms with Crippen molar-refractivity contribution in [3.63, 3.8) is 0 Å². The first-order chi connectivity index (χ1) is 13.8. The van der Waals surface area contributed by atoms with Gasteiger partial charge in [0.25, 0.3) is 0 Å². The number of pyridine rings is 2. The van der Waals surface area contributed by atoms with Crippen LogP contribution in [0.1, 0.15) is 55.0 Å². The van der Waals surface area contributed by atoms with Crippen molar-refractivity contribution in [2.24, 2.45) is 0 Å². The average molecular weight is 374 g/mol. The number of hydrogen-bond acceptors (Lipinski definition) is 4. The van der Waals surface area contributed by atoms with Crippen LogP contribution in [-0.4, -0.2) is 26.3 Å². The normalized spacial score (nSPS) is 17.5. The Labute approximate surface area is 166 Å². The molecule has 5 heteroatoms. The van der Waals surface area contributed by atoms with Crippen LogP contribution in [0.4, 0.5) is 5.82 Å². The third kappa shape index (κ3) is 3.30. The number of anilines is 1. The van der Waals surface area contributed by atoms with E-state index in [0.29, 0.717) is 6.04 Å². The van der Waals surface area contributed by atoms with Crippen LogP contribution in [0.3, 0.4) is 0 Å². The minimum Gasteiger partial charge on any atom is -0.352 e. The summed E-state index contributed by atoms with van der Waals surface area (Å²) in [6.45, 7) is 3.97. The minimum absolute atomic E-state index is 0.565. The lowest BCUT2D eigenvalue weighted by Crippen LogP contribution is -2.32. The second-order valence-electron chi connectivity index (χ2n) is 8.15. The quantitative estimate of drug-likeness (QED) is 0.667. The average Bonchev–Trinajstić information content (AvgIpc) is 3.24. The van der Waals surface area contributed by atoms with E-state index in [0.717, 1.165) is 25.3 Å². The maximum absolute atomic E-state index is 4.78. The fourth-order valence-corrected chi connectivity index (χ4v) is 4.61. The van der Waals surface area contributed by atoms with Crippen molar-refractivity contribution in [1.82, 2.24) is 19.7 Å². The molecule has 0 spiro atoms. The van der Waals surface area contributed by atoms with E-state index < -0.39 is 0 Å². The molecule has 1 saturated carbocycles. The largest absolute Gasteiger partial charge is 0.352 e. The molecule has 0 unspecified atom stereocenters. The molecule has 5 nitrogen and oxygen atoms in total. The van der Waals surface area contributed by atoms with Crippen LogP contribution in [0.5, 0.6) is 0 Å². The predicted molar refractivity (Wildman–Crippen MR) is 111 cm³/mol. The van der Waals surface area contributed by atoms with Gasteiger partial charge in [-0.05, 0) is 43.0 Å². The molecule has 0 atom stereocenters. The first-order valence-electron chi connectivity index (χ1n) is 10.5. The second kappa shape index (κ2) is 7.38. The topological polar surface area (TPSA) is 46.8 Å². The van der Waals surface area contributed by atoms with Crippen LogP contribution < -0.4 is 4.90 Å². The van der Waals surface area contributed by atoms with Gasteiger partial charge in [-0.2, -0.15) is 5.10 Å². The van der Waals surface area contributed by atoms with Crippen molar-refractivity contribution in [3.8, 4) is 11.1 Å². The summed E-state index contributed by atoms with van der Waals surface area (Å²) in [5.74, 6) is 1.09. The van der Waals surface area contributed by atoms with Crippen molar-refractivity contribution >= 4 is 5.82 Å². The Balaban J connectivity index is 1.40. The molecule has 3 aromatic heterocycles. The summed E-state index contributed by atoms with van der Waals surface area (Å²) < 4.78 is 2.18. The smallest absolute Gasteiger partial charge is 0.131 e. The first-order valence-corrected chi connectivity index (χ1v) is 10.5. The molecule has 4 heterocycles. The summed E-state index contributed by atoms with van der Waals surface area (Å²) in [5, 5.41) is 4.67. The van der Waals surface area contributed by atoms with Crippen LogP contribution in [0.15, 0.2) is 43.0 Å². The zero-order valence-electron chi connectivity index (χ0n) is 16.5. The molecule has 0 aromatic carbocycles. The highest BCUT2D eigenvalue weighted by Crippen LogP contribution is 2.31. The number of aromatic nitrogens is 4. The highest BCUT2D eigenvalue weighted by atomic mass is 15.3. The molecule has 0 saturated heterocycles. The van der Waals surface area contributed by atoms with E-state index in [-0.39, 0.29) is 0 Å². The molecule has 2 aliphatic rings. The lowest BCUT2D eigenvalue weighted by Gasteiger charge is -2.30. The van der Waals surface area contributed by atoms with Gasteiger partial charge in [-0.3, -0.25) is 9.67 Å². The van der Waals surface area contributed by atoms with Crippen molar-refractivity contribution in [2.75, 3.05) is 11.4 Å². The minimum atomic E-state index is 0.565. The number of aryl methyl sites for hydroxylation is 1. The summed E-state index contributed by atoms with van der Waals surface area (Å²) in [7, 11) is 0. The molecular formula is C23H27N5. The van der Waals surface area contributed by atoms with Gasteiger partial charge < -0.3 is 4.90 Å². The van der Waals surface area contributed by atoms with E-state index in [4.69, 9.17) is 4.98 Å². The summed E-state index contributed by atoms with van der Waals surface area (Å²) in [4.78, 5) is 11.8. The lowest BCUT2D eigenvalue weighted by atomic mass is 9.96. The van der Waals surface area contributed by atoms with E-state index in [9.17, 15) is 0 Å². The van der Waals surface area contributed by atoms with Crippen LogP contribution >= 0.6 is 0 Å². The van der Waals surface area contributed by atoms with Crippen molar-refractivity contribution in [1.29, 1.82) is 0 Å². The van der Waals surface area contributed by atoms with Crippen LogP contribution in [0.25, 0.3) is 11.1 Å². The summed E-state index contributed by atoms with van der Waals surface area (Å²) in [6, 6.07) is 7.00. The molecule has 3 aromatic rings. The van der Waals surface area contributed by atoms with E-state index in [2.05, 4.69) is 44.9 Å². The zero-order valence-corrected chi connectivity index (χ0v) is 16.5. The number of fused-ring (bicyclic) bond motifs is 1. The molecule has 0 bridgehead atoms. The SMILES string of the molecule is Cc1cccnc1N1CCc2ncc(-c3cnn(C4CCCCC4)c3)cc2C1. The predicted octanol–water partition coefficient (Wildman–Crippen LogP) is 4.72. The molecular weight excluding hydrogens is 346 g/mol. The molecule has 0 amide bonds. The Morgan fingerprint density at radius 3 is 2.79 bits per heavy atom. The number of rotatable bonds is 3. The fraction of sp³-hybridized carbons (Fsp3) is 0.435. The molecule has 5 rings (SSSR count). The Morgan fingerprint density at radius 1 is 1.04 bits per heavy atom. The van der Waals surface area contributed by atoms with Gasteiger partial charge in [0.05, 0.1) is 12.2 Å². The Morgan fingerprint density at radius 2 is 1.93 bits per heavy atom. The summed E-state index contributed by atoms with van der Waals surface area (Å²) in [6.07, 6.45) is 15.6. The van der Waals surface area contributed by atoms with Gasteiger partial charge in [-0.15, -0.1) is 0 Å². The fourth-order valence-electron chi connectivity index (χ4n) is 4.61. The highest BCUT2D eigenvalue weighted by molar-refractivity contribution is 5.62. The second-order valence-corrected chi connectivity index (χ2v) is 8.15. The van der Waals surface area contributed by atoms with Crippen molar-refractivity contribution in [3.05, 3.63) is 59.8 Å². The summed E-state index contributed by atoms with van der Waals surface area (Å²) in [5.41, 5.74) is 6.09. The van der Waals surface area contributed by atoms with E-state index in [1.165, 1.54) is 60.1 Å². The molecule has 0 radical (unpaired) electrons.